The average molecular weight is 302 g/mol. The quantitative estimate of drug-likeness (QED) is 0.784. The number of oxazole rings is 1. The Bertz CT molecular complexity index is 743. The van der Waals surface area contributed by atoms with Gasteiger partial charge in [0.1, 0.15) is 16.4 Å². The van der Waals surface area contributed by atoms with Gasteiger partial charge in [-0.2, -0.15) is 0 Å². The summed E-state index contributed by atoms with van der Waals surface area (Å²) in [6, 6.07) is 6.01. The van der Waals surface area contributed by atoms with Crippen LogP contribution in [-0.2, 0) is 6.54 Å². The van der Waals surface area contributed by atoms with E-state index in [1.54, 1.807) is 0 Å². The Morgan fingerprint density at radius 3 is 2.86 bits per heavy atom. The Kier molecular flexibility index (Phi) is 3.98. The highest BCUT2D eigenvalue weighted by molar-refractivity contribution is 7.99. The molecule has 0 aliphatic carbocycles. The lowest BCUT2D eigenvalue weighted by Crippen LogP contribution is -2.13. The van der Waals surface area contributed by atoms with Crippen LogP contribution >= 0.6 is 11.8 Å². The number of nitrogens with one attached hydrogen (secondary N) is 1. The van der Waals surface area contributed by atoms with Crippen molar-refractivity contribution in [1.82, 2.24) is 19.7 Å². The summed E-state index contributed by atoms with van der Waals surface area (Å²) in [5.41, 5.74) is 2.99. The third kappa shape index (κ3) is 2.82. The molecule has 0 radical (unpaired) electrons. The molecule has 0 saturated heterocycles. The van der Waals surface area contributed by atoms with Crippen molar-refractivity contribution < 1.29 is 4.42 Å². The first kappa shape index (κ1) is 14.2. The van der Waals surface area contributed by atoms with E-state index in [1.165, 1.54) is 11.8 Å². The molecule has 3 heterocycles. The first-order chi connectivity index (χ1) is 10.2. The van der Waals surface area contributed by atoms with Crippen molar-refractivity contribution in [1.29, 1.82) is 0 Å². The molecule has 0 bridgehead atoms. The minimum atomic E-state index is 0.645. The standard InChI is InChI=1S/C15H18N4OS/c1-4-16-9-12-14(18-13-7-5-6-8-19(12)13)21-15-17-10(2)11(3)20-15/h5-8,16H,4,9H2,1-3H3. The fourth-order valence-electron chi connectivity index (χ4n) is 2.08. The molecule has 110 valence electrons. The number of nitrogens with zero attached hydrogens (tertiary/aromatic N) is 3. The van der Waals surface area contributed by atoms with E-state index in [2.05, 4.69) is 26.6 Å². The number of imidazole rings is 1. The van der Waals surface area contributed by atoms with Crippen LogP contribution < -0.4 is 5.32 Å². The molecule has 1 N–H and O–H groups in total. The number of rotatable bonds is 5. The number of aryl methyl sites for hydroxylation is 2. The first-order valence-corrected chi connectivity index (χ1v) is 7.79. The van der Waals surface area contributed by atoms with Crippen LogP contribution in [0.1, 0.15) is 24.1 Å². The number of aromatic nitrogens is 3. The summed E-state index contributed by atoms with van der Waals surface area (Å²) in [4.78, 5) is 9.11. The largest absolute Gasteiger partial charge is 0.436 e. The molecule has 0 atom stereocenters. The maximum atomic E-state index is 5.66. The normalized spacial score (nSPS) is 11.4. The van der Waals surface area contributed by atoms with Crippen LogP contribution in [0.4, 0.5) is 0 Å². The molecular weight excluding hydrogens is 284 g/mol. The number of hydrogen-bond donors (Lipinski definition) is 1. The molecule has 0 unspecified atom stereocenters. The molecule has 3 aromatic rings. The van der Waals surface area contributed by atoms with Gasteiger partial charge in [-0.3, -0.25) is 0 Å². The molecule has 21 heavy (non-hydrogen) atoms. The molecule has 0 aliphatic heterocycles. The molecular formula is C15H18N4OS. The Morgan fingerprint density at radius 1 is 1.29 bits per heavy atom. The van der Waals surface area contributed by atoms with Gasteiger partial charge in [0, 0.05) is 12.7 Å². The minimum Gasteiger partial charge on any atom is -0.436 e. The molecule has 3 rings (SSSR count). The Morgan fingerprint density at radius 2 is 2.14 bits per heavy atom. The van der Waals surface area contributed by atoms with Crippen LogP contribution in [0.25, 0.3) is 5.65 Å². The number of hydrogen-bond acceptors (Lipinski definition) is 5. The van der Waals surface area contributed by atoms with E-state index in [9.17, 15) is 0 Å². The predicted octanol–water partition coefficient (Wildman–Crippen LogP) is 3.20. The Hall–Kier alpha value is -1.79. The van der Waals surface area contributed by atoms with Crippen molar-refractivity contribution in [2.75, 3.05) is 6.54 Å². The fourth-order valence-corrected chi connectivity index (χ4v) is 3.02. The minimum absolute atomic E-state index is 0.645. The van der Waals surface area contributed by atoms with Crippen molar-refractivity contribution in [3.63, 3.8) is 0 Å². The Labute approximate surface area is 127 Å². The smallest absolute Gasteiger partial charge is 0.262 e. The number of pyridine rings is 1. The predicted molar refractivity (Wildman–Crippen MR) is 82.7 cm³/mol. The van der Waals surface area contributed by atoms with E-state index < -0.39 is 0 Å². The van der Waals surface area contributed by atoms with E-state index in [0.717, 1.165) is 40.9 Å². The van der Waals surface area contributed by atoms with Gasteiger partial charge in [-0.05, 0) is 44.3 Å². The summed E-state index contributed by atoms with van der Waals surface area (Å²) < 4.78 is 7.76. The molecule has 0 saturated carbocycles. The van der Waals surface area contributed by atoms with E-state index in [4.69, 9.17) is 4.42 Å². The van der Waals surface area contributed by atoms with Crippen molar-refractivity contribution in [3.05, 3.63) is 41.5 Å². The zero-order valence-corrected chi connectivity index (χ0v) is 13.2. The van der Waals surface area contributed by atoms with Crippen molar-refractivity contribution in [2.24, 2.45) is 0 Å². The number of fused-ring (bicyclic) bond motifs is 1. The fraction of sp³-hybridized carbons (Fsp3) is 0.333. The molecule has 0 aliphatic rings. The molecule has 6 heteroatoms. The first-order valence-electron chi connectivity index (χ1n) is 6.97. The lowest BCUT2D eigenvalue weighted by molar-refractivity contribution is 0.431. The van der Waals surface area contributed by atoms with Crippen LogP contribution in [-0.4, -0.2) is 20.9 Å². The topological polar surface area (TPSA) is 55.4 Å². The van der Waals surface area contributed by atoms with Gasteiger partial charge < -0.3 is 14.1 Å². The van der Waals surface area contributed by atoms with Gasteiger partial charge in [-0.1, -0.05) is 13.0 Å². The van der Waals surface area contributed by atoms with Crippen LogP contribution in [0.15, 0.2) is 39.1 Å². The van der Waals surface area contributed by atoms with Gasteiger partial charge in [0.2, 0.25) is 0 Å². The average Bonchev–Trinajstić information content (AvgIpc) is 2.97. The molecule has 0 aromatic carbocycles. The lowest BCUT2D eigenvalue weighted by Gasteiger charge is -2.04. The molecule has 0 spiro atoms. The van der Waals surface area contributed by atoms with E-state index in [-0.39, 0.29) is 0 Å². The second-order valence-electron chi connectivity index (χ2n) is 4.80. The third-order valence-electron chi connectivity index (χ3n) is 3.33. The SMILES string of the molecule is CCNCc1c(Sc2nc(C)c(C)o2)nc2ccccn12. The van der Waals surface area contributed by atoms with Crippen LogP contribution in [0.5, 0.6) is 0 Å². The van der Waals surface area contributed by atoms with Gasteiger partial charge in [-0.25, -0.2) is 9.97 Å². The molecule has 5 nitrogen and oxygen atoms in total. The van der Waals surface area contributed by atoms with Crippen LogP contribution in [0.2, 0.25) is 0 Å². The maximum Gasteiger partial charge on any atom is 0.262 e. The second kappa shape index (κ2) is 5.91. The van der Waals surface area contributed by atoms with E-state index in [0.29, 0.717) is 5.22 Å². The zero-order chi connectivity index (χ0) is 14.8. The van der Waals surface area contributed by atoms with Gasteiger partial charge in [0.25, 0.3) is 5.22 Å². The molecule has 3 aromatic heterocycles. The highest BCUT2D eigenvalue weighted by Crippen LogP contribution is 2.31. The van der Waals surface area contributed by atoms with E-state index >= 15 is 0 Å². The Balaban J connectivity index is 1.99. The highest BCUT2D eigenvalue weighted by Gasteiger charge is 2.16. The van der Waals surface area contributed by atoms with Gasteiger partial charge in [-0.15, -0.1) is 0 Å². The van der Waals surface area contributed by atoms with Crippen molar-refractivity contribution >= 4 is 17.4 Å². The third-order valence-corrected chi connectivity index (χ3v) is 4.20. The van der Waals surface area contributed by atoms with E-state index in [1.807, 2.05) is 38.2 Å². The van der Waals surface area contributed by atoms with Gasteiger partial charge in [0.15, 0.2) is 0 Å². The van der Waals surface area contributed by atoms with Crippen LogP contribution in [0, 0.1) is 13.8 Å². The maximum absolute atomic E-state index is 5.66. The highest BCUT2D eigenvalue weighted by atomic mass is 32.2. The van der Waals surface area contributed by atoms with Gasteiger partial charge in [0.05, 0.1) is 11.4 Å². The zero-order valence-electron chi connectivity index (χ0n) is 12.4. The van der Waals surface area contributed by atoms with Gasteiger partial charge >= 0.3 is 0 Å². The monoisotopic (exact) mass is 302 g/mol. The lowest BCUT2D eigenvalue weighted by atomic mass is 10.4. The molecule has 0 amide bonds. The summed E-state index contributed by atoms with van der Waals surface area (Å²) >= 11 is 1.48. The summed E-state index contributed by atoms with van der Waals surface area (Å²) in [5.74, 6) is 0.856. The summed E-state index contributed by atoms with van der Waals surface area (Å²) in [7, 11) is 0. The molecule has 0 fully saturated rings. The van der Waals surface area contributed by atoms with Crippen molar-refractivity contribution in [3.8, 4) is 0 Å². The summed E-state index contributed by atoms with van der Waals surface area (Å²) in [5, 5.41) is 4.94. The second-order valence-corrected chi connectivity index (χ2v) is 5.74. The summed E-state index contributed by atoms with van der Waals surface area (Å²) in [6.45, 7) is 7.66. The van der Waals surface area contributed by atoms with Crippen LogP contribution in [0.3, 0.4) is 0 Å². The van der Waals surface area contributed by atoms with Crippen molar-refractivity contribution in [2.45, 2.75) is 37.6 Å². The summed E-state index contributed by atoms with van der Waals surface area (Å²) in [6.07, 6.45) is 2.03.